The molecule has 0 aliphatic carbocycles. The minimum Gasteiger partial charge on any atom is -0.313 e. The van der Waals surface area contributed by atoms with Crippen molar-refractivity contribution in [1.82, 2.24) is 10.2 Å². The van der Waals surface area contributed by atoms with E-state index in [1.54, 1.807) is 0 Å². The molecule has 1 aliphatic heterocycles. The summed E-state index contributed by atoms with van der Waals surface area (Å²) >= 11 is 0. The van der Waals surface area contributed by atoms with Crippen molar-refractivity contribution in [2.24, 2.45) is 5.92 Å². The highest BCUT2D eigenvalue weighted by Crippen LogP contribution is 2.11. The monoisotopic (exact) mass is 271 g/mol. The van der Waals surface area contributed by atoms with Gasteiger partial charge in [0.25, 0.3) is 0 Å². The van der Waals surface area contributed by atoms with Gasteiger partial charge in [-0.05, 0) is 44.8 Å². The van der Waals surface area contributed by atoms with E-state index in [-0.39, 0.29) is 5.92 Å². The van der Waals surface area contributed by atoms with E-state index in [2.05, 4.69) is 46.6 Å². The molecule has 0 bridgehead atoms. The fourth-order valence-corrected chi connectivity index (χ4v) is 2.68. The van der Waals surface area contributed by atoms with Gasteiger partial charge in [-0.2, -0.15) is 5.26 Å². The number of nitrogens with zero attached hydrogens (tertiary/aromatic N) is 2. The minimum atomic E-state index is 0.117. The molecule has 1 saturated heterocycles. The third-order valence-corrected chi connectivity index (χ3v) is 4.08. The summed E-state index contributed by atoms with van der Waals surface area (Å²) in [6, 6.07) is 13.6. The van der Waals surface area contributed by atoms with Crippen LogP contribution in [0.15, 0.2) is 30.3 Å². The molecule has 1 atom stereocenters. The Morgan fingerprint density at radius 3 is 2.65 bits per heavy atom. The Hall–Kier alpha value is -1.37. The van der Waals surface area contributed by atoms with E-state index in [1.807, 2.05) is 6.92 Å². The molecule has 1 N–H and O–H groups in total. The van der Waals surface area contributed by atoms with Crippen LogP contribution in [0.4, 0.5) is 0 Å². The molecule has 1 aliphatic rings. The Morgan fingerprint density at radius 1 is 1.30 bits per heavy atom. The van der Waals surface area contributed by atoms with Crippen LogP contribution in [0.3, 0.4) is 0 Å². The third kappa shape index (κ3) is 4.96. The number of nitrogens with one attached hydrogen (secondary N) is 1. The Bertz CT molecular complexity index is 416. The number of hydrogen-bond acceptors (Lipinski definition) is 3. The molecule has 1 unspecified atom stereocenters. The van der Waals surface area contributed by atoms with Crippen molar-refractivity contribution in [3.8, 4) is 6.07 Å². The second-order valence-electron chi connectivity index (χ2n) is 5.79. The molecule has 0 radical (unpaired) electrons. The van der Waals surface area contributed by atoms with Crippen LogP contribution in [0.5, 0.6) is 0 Å². The maximum absolute atomic E-state index is 8.79. The van der Waals surface area contributed by atoms with Crippen LogP contribution < -0.4 is 5.32 Å². The molecular weight excluding hydrogens is 246 g/mol. The first-order chi connectivity index (χ1) is 9.78. The van der Waals surface area contributed by atoms with Crippen molar-refractivity contribution in [2.45, 2.75) is 32.2 Å². The van der Waals surface area contributed by atoms with Gasteiger partial charge in [-0.25, -0.2) is 0 Å². The summed E-state index contributed by atoms with van der Waals surface area (Å²) in [5, 5.41) is 12.3. The van der Waals surface area contributed by atoms with Crippen molar-refractivity contribution >= 4 is 0 Å². The normalized spacial score (nSPS) is 18.6. The maximum atomic E-state index is 8.79. The van der Waals surface area contributed by atoms with Crippen molar-refractivity contribution in [3.05, 3.63) is 35.9 Å². The number of benzene rings is 1. The molecular formula is C17H25N3. The van der Waals surface area contributed by atoms with E-state index in [1.165, 1.54) is 31.5 Å². The summed E-state index contributed by atoms with van der Waals surface area (Å²) in [7, 11) is 0. The van der Waals surface area contributed by atoms with Crippen LogP contribution in [-0.4, -0.2) is 37.1 Å². The van der Waals surface area contributed by atoms with E-state index in [4.69, 9.17) is 5.26 Å². The smallest absolute Gasteiger partial charge is 0.0666 e. The average molecular weight is 271 g/mol. The van der Waals surface area contributed by atoms with Gasteiger partial charge in [0.05, 0.1) is 12.0 Å². The fraction of sp³-hybridized carbons (Fsp3) is 0.588. The predicted octanol–water partition coefficient (Wildman–Crippen LogP) is 2.44. The van der Waals surface area contributed by atoms with Gasteiger partial charge in [-0.3, -0.25) is 0 Å². The van der Waals surface area contributed by atoms with Crippen LogP contribution in [-0.2, 0) is 6.42 Å². The quantitative estimate of drug-likeness (QED) is 0.864. The van der Waals surface area contributed by atoms with Gasteiger partial charge >= 0.3 is 0 Å². The zero-order valence-electron chi connectivity index (χ0n) is 12.4. The average Bonchev–Trinajstić information content (AvgIpc) is 2.52. The summed E-state index contributed by atoms with van der Waals surface area (Å²) in [5.74, 6) is 0.117. The molecule has 3 heteroatoms. The molecule has 0 saturated carbocycles. The van der Waals surface area contributed by atoms with Crippen LogP contribution >= 0.6 is 0 Å². The lowest BCUT2D eigenvalue weighted by Crippen LogP contribution is -2.44. The second kappa shape index (κ2) is 8.04. The van der Waals surface area contributed by atoms with E-state index < -0.39 is 0 Å². The van der Waals surface area contributed by atoms with E-state index in [9.17, 15) is 0 Å². The highest BCUT2D eigenvalue weighted by molar-refractivity contribution is 5.14. The van der Waals surface area contributed by atoms with E-state index >= 15 is 0 Å². The van der Waals surface area contributed by atoms with Crippen molar-refractivity contribution in [2.75, 3.05) is 26.2 Å². The van der Waals surface area contributed by atoms with Gasteiger partial charge in [0.1, 0.15) is 0 Å². The summed E-state index contributed by atoms with van der Waals surface area (Å²) in [4.78, 5) is 2.55. The SMILES string of the molecule is CC(C#N)CNC1CCN(CCc2ccccc2)CC1. The lowest BCUT2D eigenvalue weighted by molar-refractivity contribution is 0.198. The molecule has 1 aromatic rings. The Balaban J connectivity index is 1.63. The molecule has 0 amide bonds. The summed E-state index contributed by atoms with van der Waals surface area (Å²) in [6.45, 7) is 6.30. The lowest BCUT2D eigenvalue weighted by atomic mass is 10.0. The number of rotatable bonds is 6. The van der Waals surface area contributed by atoms with E-state index in [0.717, 1.165) is 19.5 Å². The molecule has 20 heavy (non-hydrogen) atoms. The predicted molar refractivity (Wildman–Crippen MR) is 82.4 cm³/mol. The summed E-state index contributed by atoms with van der Waals surface area (Å²) in [6.07, 6.45) is 3.55. The van der Waals surface area contributed by atoms with Gasteiger partial charge in [0.2, 0.25) is 0 Å². The van der Waals surface area contributed by atoms with Crippen molar-refractivity contribution in [1.29, 1.82) is 5.26 Å². The van der Waals surface area contributed by atoms with E-state index in [0.29, 0.717) is 6.04 Å². The van der Waals surface area contributed by atoms with Gasteiger partial charge < -0.3 is 10.2 Å². The zero-order chi connectivity index (χ0) is 14.2. The van der Waals surface area contributed by atoms with Crippen molar-refractivity contribution in [3.63, 3.8) is 0 Å². The van der Waals surface area contributed by atoms with Gasteiger partial charge in [0, 0.05) is 19.1 Å². The maximum Gasteiger partial charge on any atom is 0.0666 e. The summed E-state index contributed by atoms with van der Waals surface area (Å²) in [5.41, 5.74) is 1.43. The molecule has 0 spiro atoms. The third-order valence-electron chi connectivity index (χ3n) is 4.08. The van der Waals surface area contributed by atoms with Crippen LogP contribution in [0, 0.1) is 17.2 Å². The Labute approximate surface area is 122 Å². The van der Waals surface area contributed by atoms with Crippen LogP contribution in [0.1, 0.15) is 25.3 Å². The number of hydrogen-bond donors (Lipinski definition) is 1. The van der Waals surface area contributed by atoms with Crippen LogP contribution in [0.25, 0.3) is 0 Å². The standard InChI is InChI=1S/C17H25N3/c1-15(13-18)14-19-17-8-11-20(12-9-17)10-7-16-5-3-2-4-6-16/h2-6,15,17,19H,7-12,14H2,1H3. The van der Waals surface area contributed by atoms with Gasteiger partial charge in [-0.15, -0.1) is 0 Å². The Morgan fingerprint density at radius 2 is 2.00 bits per heavy atom. The molecule has 1 aromatic carbocycles. The summed E-state index contributed by atoms with van der Waals surface area (Å²) < 4.78 is 0. The number of likely N-dealkylation sites (tertiary alicyclic amines) is 1. The Kier molecular flexibility index (Phi) is 6.04. The molecule has 1 heterocycles. The van der Waals surface area contributed by atoms with Gasteiger partial charge in [-0.1, -0.05) is 30.3 Å². The molecule has 2 rings (SSSR count). The number of piperidine rings is 1. The molecule has 1 fully saturated rings. The molecule has 108 valence electrons. The highest BCUT2D eigenvalue weighted by atomic mass is 15.1. The first-order valence-electron chi connectivity index (χ1n) is 7.67. The fourth-order valence-electron chi connectivity index (χ4n) is 2.68. The highest BCUT2D eigenvalue weighted by Gasteiger charge is 2.18. The lowest BCUT2D eigenvalue weighted by Gasteiger charge is -2.32. The minimum absolute atomic E-state index is 0.117. The zero-order valence-corrected chi connectivity index (χ0v) is 12.4. The first-order valence-corrected chi connectivity index (χ1v) is 7.67. The van der Waals surface area contributed by atoms with Crippen LogP contribution in [0.2, 0.25) is 0 Å². The first kappa shape index (κ1) is 15.0. The largest absolute Gasteiger partial charge is 0.313 e. The molecule has 3 nitrogen and oxygen atoms in total. The number of nitriles is 1. The van der Waals surface area contributed by atoms with Gasteiger partial charge in [0.15, 0.2) is 0 Å². The molecule has 0 aromatic heterocycles. The van der Waals surface area contributed by atoms with Crippen molar-refractivity contribution < 1.29 is 0 Å². The second-order valence-corrected chi connectivity index (χ2v) is 5.79. The topological polar surface area (TPSA) is 39.1 Å².